The van der Waals surface area contributed by atoms with Crippen LogP contribution in [0.4, 0.5) is 0 Å². The highest BCUT2D eigenvalue weighted by Gasteiger charge is 2.21. The van der Waals surface area contributed by atoms with Crippen molar-refractivity contribution in [1.29, 1.82) is 0 Å². The van der Waals surface area contributed by atoms with E-state index in [1.54, 1.807) is 0 Å². The predicted molar refractivity (Wildman–Crippen MR) is 81.4 cm³/mol. The molecular weight excluding hydrogens is 318 g/mol. The van der Waals surface area contributed by atoms with Crippen LogP contribution in [0.25, 0.3) is 0 Å². The first-order valence-corrected chi connectivity index (χ1v) is 7.97. The van der Waals surface area contributed by atoms with Crippen molar-refractivity contribution in [3.05, 3.63) is 34.8 Å². The third-order valence-electron chi connectivity index (χ3n) is 3.92. The van der Waals surface area contributed by atoms with Crippen molar-refractivity contribution in [3.63, 3.8) is 0 Å². The fourth-order valence-electron chi connectivity index (χ4n) is 2.78. The zero-order chi connectivity index (χ0) is 13.9. The van der Waals surface area contributed by atoms with Gasteiger partial charge in [0.15, 0.2) is 0 Å². The van der Waals surface area contributed by atoms with Crippen molar-refractivity contribution >= 4 is 15.9 Å². The minimum atomic E-state index is 0.538. The Bertz CT molecular complexity index is 553. The van der Waals surface area contributed by atoms with Crippen molar-refractivity contribution < 1.29 is 0 Å². The molecule has 0 aromatic carbocycles. The smallest absolute Gasteiger partial charge is 0.0632 e. The maximum absolute atomic E-state index is 4.40. The quantitative estimate of drug-likeness (QED) is 0.860. The molecule has 20 heavy (non-hydrogen) atoms. The fraction of sp³-hybridized carbons (Fsp3) is 0.571. The van der Waals surface area contributed by atoms with Crippen LogP contribution >= 0.6 is 15.9 Å². The van der Waals surface area contributed by atoms with E-state index in [1.807, 2.05) is 17.1 Å². The first-order chi connectivity index (χ1) is 9.74. The number of piperidine rings is 1. The number of aromatic nitrogens is 4. The van der Waals surface area contributed by atoms with E-state index >= 15 is 0 Å². The second kappa shape index (κ2) is 6.10. The molecule has 1 aliphatic heterocycles. The van der Waals surface area contributed by atoms with Gasteiger partial charge in [-0.3, -0.25) is 14.3 Å². The minimum absolute atomic E-state index is 0.538. The van der Waals surface area contributed by atoms with Crippen LogP contribution in [0, 0.1) is 0 Å². The molecule has 1 fully saturated rings. The number of likely N-dealkylation sites (tertiary alicyclic amines) is 1. The largest absolute Gasteiger partial charge is 0.299 e. The van der Waals surface area contributed by atoms with Gasteiger partial charge in [-0.05, 0) is 35.7 Å². The van der Waals surface area contributed by atoms with E-state index in [-0.39, 0.29) is 0 Å². The van der Waals surface area contributed by atoms with Gasteiger partial charge in [0.2, 0.25) is 0 Å². The summed E-state index contributed by atoms with van der Waals surface area (Å²) in [5.74, 6) is 0. The highest BCUT2D eigenvalue weighted by molar-refractivity contribution is 9.10. The zero-order valence-corrected chi connectivity index (χ0v) is 13.3. The summed E-state index contributed by atoms with van der Waals surface area (Å²) in [6.45, 7) is 6.31. The highest BCUT2D eigenvalue weighted by atomic mass is 79.9. The monoisotopic (exact) mass is 337 g/mol. The lowest BCUT2D eigenvalue weighted by Gasteiger charge is -2.31. The predicted octanol–water partition coefficient (Wildman–Crippen LogP) is 2.70. The van der Waals surface area contributed by atoms with Gasteiger partial charge in [-0.2, -0.15) is 10.2 Å². The lowest BCUT2D eigenvalue weighted by molar-refractivity contribution is 0.173. The second-order valence-electron chi connectivity index (χ2n) is 5.35. The summed E-state index contributed by atoms with van der Waals surface area (Å²) in [6, 6.07) is 0.538. The minimum Gasteiger partial charge on any atom is -0.299 e. The number of hydrogen-bond donors (Lipinski definition) is 0. The van der Waals surface area contributed by atoms with Crippen LogP contribution in [0.15, 0.2) is 29.3 Å². The van der Waals surface area contributed by atoms with E-state index in [1.165, 1.54) is 5.56 Å². The Kier molecular flexibility index (Phi) is 4.21. The molecule has 0 unspecified atom stereocenters. The molecule has 3 rings (SSSR count). The topological polar surface area (TPSA) is 38.9 Å². The summed E-state index contributed by atoms with van der Waals surface area (Å²) in [5.41, 5.74) is 1.31. The first-order valence-electron chi connectivity index (χ1n) is 7.18. The molecule has 1 aliphatic rings. The average molecular weight is 338 g/mol. The van der Waals surface area contributed by atoms with E-state index in [2.05, 4.69) is 55.0 Å². The molecule has 0 atom stereocenters. The Morgan fingerprint density at radius 2 is 2.00 bits per heavy atom. The van der Waals surface area contributed by atoms with Gasteiger partial charge in [-0.15, -0.1) is 0 Å². The van der Waals surface area contributed by atoms with Gasteiger partial charge in [-0.25, -0.2) is 0 Å². The molecule has 0 N–H and O–H groups in total. The molecule has 0 bridgehead atoms. The van der Waals surface area contributed by atoms with E-state index in [9.17, 15) is 0 Å². The summed E-state index contributed by atoms with van der Waals surface area (Å²) in [5, 5.41) is 8.74. The number of aryl methyl sites for hydroxylation is 1. The molecule has 3 heterocycles. The fourth-order valence-corrected chi connectivity index (χ4v) is 3.08. The van der Waals surface area contributed by atoms with Crippen LogP contribution in [0.1, 0.15) is 31.4 Å². The van der Waals surface area contributed by atoms with Crippen LogP contribution in [0.5, 0.6) is 0 Å². The Morgan fingerprint density at radius 1 is 1.20 bits per heavy atom. The van der Waals surface area contributed by atoms with Crippen molar-refractivity contribution in [2.45, 2.75) is 38.9 Å². The summed E-state index contributed by atoms with van der Waals surface area (Å²) >= 11 is 3.46. The number of halogens is 1. The maximum atomic E-state index is 4.40. The lowest BCUT2D eigenvalue weighted by atomic mass is 10.1. The molecule has 0 amide bonds. The van der Waals surface area contributed by atoms with Crippen LogP contribution < -0.4 is 0 Å². The summed E-state index contributed by atoms with van der Waals surface area (Å²) in [7, 11) is 0. The number of hydrogen-bond acceptors (Lipinski definition) is 3. The van der Waals surface area contributed by atoms with Gasteiger partial charge < -0.3 is 0 Å². The third kappa shape index (κ3) is 3.12. The van der Waals surface area contributed by atoms with Gasteiger partial charge in [0.05, 0.1) is 22.9 Å². The van der Waals surface area contributed by atoms with E-state index in [0.717, 1.165) is 43.5 Å². The van der Waals surface area contributed by atoms with Crippen LogP contribution in [0.2, 0.25) is 0 Å². The molecule has 0 saturated carbocycles. The molecule has 0 radical (unpaired) electrons. The third-order valence-corrected chi connectivity index (χ3v) is 4.33. The lowest BCUT2D eigenvalue weighted by Crippen LogP contribution is -2.34. The van der Waals surface area contributed by atoms with Gasteiger partial charge >= 0.3 is 0 Å². The number of rotatable bonds is 4. The Balaban J connectivity index is 1.53. The Labute approximate surface area is 127 Å². The van der Waals surface area contributed by atoms with Crippen LogP contribution in [-0.4, -0.2) is 37.6 Å². The van der Waals surface area contributed by atoms with Crippen molar-refractivity contribution in [1.82, 2.24) is 24.5 Å². The average Bonchev–Trinajstić information content (AvgIpc) is 3.09. The molecule has 0 aliphatic carbocycles. The summed E-state index contributed by atoms with van der Waals surface area (Å²) < 4.78 is 5.15. The Hall–Kier alpha value is -1.14. The molecular formula is C14H20BrN5. The molecule has 6 heteroatoms. The highest BCUT2D eigenvalue weighted by Crippen LogP contribution is 2.24. The van der Waals surface area contributed by atoms with Gasteiger partial charge in [0, 0.05) is 44.1 Å². The second-order valence-corrected chi connectivity index (χ2v) is 6.27. The van der Waals surface area contributed by atoms with Crippen molar-refractivity contribution in [3.8, 4) is 0 Å². The summed E-state index contributed by atoms with van der Waals surface area (Å²) in [6.07, 6.45) is 10.4. The van der Waals surface area contributed by atoms with Gasteiger partial charge in [-0.1, -0.05) is 0 Å². The van der Waals surface area contributed by atoms with E-state index < -0.39 is 0 Å². The number of nitrogens with zero attached hydrogens (tertiary/aromatic N) is 5. The molecule has 5 nitrogen and oxygen atoms in total. The van der Waals surface area contributed by atoms with Gasteiger partial charge in [0.25, 0.3) is 0 Å². The summed E-state index contributed by atoms with van der Waals surface area (Å²) in [4.78, 5) is 2.51. The SMILES string of the molecule is CCn1cc(CN2CCC(n3cc(Br)cn3)CC2)cn1. The molecule has 2 aromatic rings. The molecule has 2 aromatic heterocycles. The van der Waals surface area contributed by atoms with Crippen molar-refractivity contribution in [2.24, 2.45) is 0 Å². The first kappa shape index (κ1) is 13.8. The van der Waals surface area contributed by atoms with Crippen LogP contribution in [0.3, 0.4) is 0 Å². The molecule has 0 spiro atoms. The maximum Gasteiger partial charge on any atom is 0.0632 e. The standard InChI is InChI=1S/C14H20BrN5/c1-2-19-10-12(7-16-19)9-18-5-3-14(4-6-18)20-11-13(15)8-17-20/h7-8,10-11,14H,2-6,9H2,1H3. The zero-order valence-electron chi connectivity index (χ0n) is 11.7. The molecule has 1 saturated heterocycles. The van der Waals surface area contributed by atoms with E-state index in [4.69, 9.17) is 0 Å². The van der Waals surface area contributed by atoms with Gasteiger partial charge in [0.1, 0.15) is 0 Å². The normalized spacial score (nSPS) is 17.7. The van der Waals surface area contributed by atoms with Crippen LogP contribution in [-0.2, 0) is 13.1 Å². The van der Waals surface area contributed by atoms with E-state index in [0.29, 0.717) is 6.04 Å². The molecule has 108 valence electrons. The van der Waals surface area contributed by atoms with Crippen molar-refractivity contribution in [2.75, 3.05) is 13.1 Å². The Morgan fingerprint density at radius 3 is 2.60 bits per heavy atom.